The predicted octanol–water partition coefficient (Wildman–Crippen LogP) is 4.88. The van der Waals surface area contributed by atoms with Gasteiger partial charge in [0.15, 0.2) is 0 Å². The molecule has 0 spiro atoms. The first-order chi connectivity index (χ1) is 12.8. The molecule has 1 aliphatic heterocycles. The van der Waals surface area contributed by atoms with Crippen LogP contribution in [0.3, 0.4) is 0 Å². The predicted molar refractivity (Wildman–Crippen MR) is 118 cm³/mol. The van der Waals surface area contributed by atoms with Crippen molar-refractivity contribution in [3.63, 3.8) is 0 Å². The van der Waals surface area contributed by atoms with E-state index in [1.807, 2.05) is 6.07 Å². The fraction of sp³-hybridized carbons (Fsp3) is 0.409. The lowest BCUT2D eigenvalue weighted by molar-refractivity contribution is -0.132. The van der Waals surface area contributed by atoms with Crippen molar-refractivity contribution in [1.82, 2.24) is 5.32 Å². The molecule has 1 heterocycles. The van der Waals surface area contributed by atoms with Gasteiger partial charge >= 0.3 is 0 Å². The summed E-state index contributed by atoms with van der Waals surface area (Å²) < 4.78 is 1.99. The van der Waals surface area contributed by atoms with Crippen molar-refractivity contribution in [3.05, 3.63) is 68.1 Å². The van der Waals surface area contributed by atoms with Crippen molar-refractivity contribution in [3.8, 4) is 0 Å². The fourth-order valence-electron chi connectivity index (χ4n) is 4.70. The fourth-order valence-corrected chi connectivity index (χ4v) is 6.08. The first kappa shape index (κ1) is 20.6. The largest absolute Gasteiger partial charge is 0.369 e. The molecule has 1 atom stereocenters. The molecule has 3 nitrogen and oxygen atoms in total. The third kappa shape index (κ3) is 3.87. The first-order valence-corrected chi connectivity index (χ1v) is 10.9. The molecular formula is C22H26Br2N2O. The zero-order valence-electron chi connectivity index (χ0n) is 15.8. The zero-order chi connectivity index (χ0) is 19.7. The van der Waals surface area contributed by atoms with E-state index >= 15 is 0 Å². The van der Waals surface area contributed by atoms with Crippen molar-refractivity contribution < 1.29 is 4.79 Å². The lowest BCUT2D eigenvalue weighted by atomic mass is 9.53. The molecule has 1 aliphatic rings. The SMILES string of the molecule is Cc1ccccc1C1(C(C)(Cc2cc(Br)cc(Br)c2)C(N)=O)CCNCC1. The molecule has 1 fully saturated rings. The summed E-state index contributed by atoms with van der Waals surface area (Å²) >= 11 is 7.13. The highest BCUT2D eigenvalue weighted by molar-refractivity contribution is 9.11. The van der Waals surface area contributed by atoms with Gasteiger partial charge in [0.1, 0.15) is 0 Å². The molecule has 144 valence electrons. The molecule has 1 amide bonds. The van der Waals surface area contributed by atoms with Crippen LogP contribution in [0.4, 0.5) is 0 Å². The molecule has 3 N–H and O–H groups in total. The number of amides is 1. The molecule has 2 aromatic rings. The first-order valence-electron chi connectivity index (χ1n) is 9.30. The summed E-state index contributed by atoms with van der Waals surface area (Å²) in [6.07, 6.45) is 2.40. The Labute approximate surface area is 178 Å². The van der Waals surface area contributed by atoms with E-state index in [0.29, 0.717) is 6.42 Å². The molecule has 0 aliphatic carbocycles. The minimum absolute atomic E-state index is 0.233. The second-order valence-electron chi connectivity index (χ2n) is 7.80. The smallest absolute Gasteiger partial charge is 0.224 e. The highest BCUT2D eigenvalue weighted by Gasteiger charge is 2.53. The van der Waals surface area contributed by atoms with E-state index in [0.717, 1.165) is 40.4 Å². The van der Waals surface area contributed by atoms with Gasteiger partial charge in [-0.3, -0.25) is 4.79 Å². The van der Waals surface area contributed by atoms with E-state index in [-0.39, 0.29) is 11.3 Å². The van der Waals surface area contributed by atoms with Gasteiger partial charge in [0.05, 0.1) is 5.41 Å². The van der Waals surface area contributed by atoms with Crippen LogP contribution in [0.2, 0.25) is 0 Å². The van der Waals surface area contributed by atoms with Gasteiger partial charge in [-0.15, -0.1) is 0 Å². The number of hydrogen-bond donors (Lipinski definition) is 2. The summed E-state index contributed by atoms with van der Waals surface area (Å²) in [5.41, 5.74) is 8.71. The number of benzene rings is 2. The number of rotatable bonds is 5. The molecule has 5 heteroatoms. The monoisotopic (exact) mass is 492 g/mol. The summed E-state index contributed by atoms with van der Waals surface area (Å²) in [6, 6.07) is 14.6. The van der Waals surface area contributed by atoms with E-state index in [9.17, 15) is 4.79 Å². The maximum atomic E-state index is 13.0. The molecule has 0 saturated carbocycles. The van der Waals surface area contributed by atoms with Gasteiger partial charge in [-0.25, -0.2) is 0 Å². The highest BCUT2D eigenvalue weighted by atomic mass is 79.9. The average molecular weight is 494 g/mol. The van der Waals surface area contributed by atoms with E-state index in [1.165, 1.54) is 11.1 Å². The lowest BCUT2D eigenvalue weighted by Gasteiger charge is -2.50. The molecule has 3 rings (SSSR count). The van der Waals surface area contributed by atoms with Gasteiger partial charge in [-0.1, -0.05) is 56.1 Å². The van der Waals surface area contributed by atoms with E-state index in [1.54, 1.807) is 0 Å². The topological polar surface area (TPSA) is 55.1 Å². The van der Waals surface area contributed by atoms with E-state index in [4.69, 9.17) is 5.73 Å². The normalized spacial score (nSPS) is 18.7. The van der Waals surface area contributed by atoms with Crippen LogP contribution in [-0.4, -0.2) is 19.0 Å². The van der Waals surface area contributed by atoms with Gasteiger partial charge in [0.2, 0.25) is 5.91 Å². The van der Waals surface area contributed by atoms with Crippen molar-refractivity contribution >= 4 is 37.8 Å². The molecule has 0 aromatic heterocycles. The van der Waals surface area contributed by atoms with Gasteiger partial charge < -0.3 is 11.1 Å². The van der Waals surface area contributed by atoms with Gasteiger partial charge in [0.25, 0.3) is 0 Å². The maximum absolute atomic E-state index is 13.0. The summed E-state index contributed by atoms with van der Waals surface area (Å²) in [5, 5.41) is 3.45. The number of carbonyl (C=O) groups is 1. The minimum Gasteiger partial charge on any atom is -0.369 e. The summed E-state index contributed by atoms with van der Waals surface area (Å²) in [6.45, 7) is 5.97. The number of piperidine rings is 1. The number of nitrogens with two attached hydrogens (primary N) is 1. The molecule has 1 unspecified atom stereocenters. The number of primary amides is 1. The average Bonchev–Trinajstić information content (AvgIpc) is 2.61. The Balaban J connectivity index is 2.16. The standard InChI is InChI=1S/C22H26Br2N2O/c1-15-5-3-4-6-19(15)22(7-9-26-10-8-22)21(2,20(25)27)14-16-11-17(23)13-18(24)12-16/h3-6,11-13,26H,7-10,14H2,1-2H3,(H2,25,27). The number of carbonyl (C=O) groups excluding carboxylic acids is 1. The Morgan fingerprint density at radius 1 is 1.15 bits per heavy atom. The number of halogens is 2. The van der Waals surface area contributed by atoms with Crippen molar-refractivity contribution in [2.45, 2.75) is 38.5 Å². The minimum atomic E-state index is -0.693. The Hall–Kier alpha value is -1.17. The molecular weight excluding hydrogens is 468 g/mol. The van der Waals surface area contributed by atoms with Crippen LogP contribution in [-0.2, 0) is 16.6 Å². The third-order valence-corrected chi connectivity index (χ3v) is 7.11. The highest BCUT2D eigenvalue weighted by Crippen LogP contribution is 2.51. The Morgan fingerprint density at radius 3 is 2.30 bits per heavy atom. The van der Waals surface area contributed by atoms with E-state index < -0.39 is 5.41 Å². The van der Waals surface area contributed by atoms with Crippen LogP contribution in [0, 0.1) is 12.3 Å². The number of aryl methyl sites for hydroxylation is 1. The van der Waals surface area contributed by atoms with Crippen LogP contribution in [0.5, 0.6) is 0 Å². The van der Waals surface area contributed by atoms with Crippen LogP contribution in [0.1, 0.15) is 36.5 Å². The molecule has 1 saturated heterocycles. The second-order valence-corrected chi connectivity index (χ2v) is 9.63. The Morgan fingerprint density at radius 2 is 1.74 bits per heavy atom. The summed E-state index contributed by atoms with van der Waals surface area (Å²) in [4.78, 5) is 13.0. The quantitative estimate of drug-likeness (QED) is 0.623. The molecule has 27 heavy (non-hydrogen) atoms. The van der Waals surface area contributed by atoms with E-state index in [2.05, 4.69) is 87.4 Å². The van der Waals surface area contributed by atoms with Gasteiger partial charge in [-0.05, 0) is 81.1 Å². The van der Waals surface area contributed by atoms with Crippen LogP contribution in [0.25, 0.3) is 0 Å². The maximum Gasteiger partial charge on any atom is 0.224 e. The van der Waals surface area contributed by atoms with Crippen molar-refractivity contribution in [1.29, 1.82) is 0 Å². The molecule has 2 aromatic carbocycles. The molecule has 0 radical (unpaired) electrons. The van der Waals surface area contributed by atoms with Crippen molar-refractivity contribution in [2.24, 2.45) is 11.1 Å². The summed E-state index contributed by atoms with van der Waals surface area (Å²) in [5.74, 6) is -0.233. The van der Waals surface area contributed by atoms with Crippen molar-refractivity contribution in [2.75, 3.05) is 13.1 Å². The Bertz CT molecular complexity index is 826. The number of nitrogens with one attached hydrogen (secondary N) is 1. The van der Waals surface area contributed by atoms with Crippen LogP contribution >= 0.6 is 31.9 Å². The second kappa shape index (κ2) is 8.06. The molecule has 0 bridgehead atoms. The third-order valence-electron chi connectivity index (χ3n) is 6.20. The lowest BCUT2D eigenvalue weighted by Crippen LogP contribution is -2.57. The van der Waals surface area contributed by atoms with Crippen LogP contribution < -0.4 is 11.1 Å². The van der Waals surface area contributed by atoms with Gasteiger partial charge in [-0.2, -0.15) is 0 Å². The Kier molecular flexibility index (Phi) is 6.14. The van der Waals surface area contributed by atoms with Gasteiger partial charge in [0, 0.05) is 14.4 Å². The summed E-state index contributed by atoms with van der Waals surface area (Å²) in [7, 11) is 0. The van der Waals surface area contributed by atoms with Crippen LogP contribution in [0.15, 0.2) is 51.4 Å². The number of hydrogen-bond acceptors (Lipinski definition) is 2. The zero-order valence-corrected chi connectivity index (χ0v) is 19.0.